The van der Waals surface area contributed by atoms with Gasteiger partial charge in [0.25, 0.3) is 5.69 Å². The molecule has 0 unspecified atom stereocenters. The Balaban J connectivity index is 2.20. The first kappa shape index (κ1) is 13.4. The van der Waals surface area contributed by atoms with E-state index in [1.807, 2.05) is 12.1 Å². The molecule has 0 bridgehead atoms. The molecule has 0 saturated carbocycles. The van der Waals surface area contributed by atoms with Crippen molar-refractivity contribution in [3.8, 4) is 11.6 Å². The molecule has 2 aromatic rings. The Bertz CT molecular complexity index is 602. The summed E-state index contributed by atoms with van der Waals surface area (Å²) in [6, 6.07) is 8.55. The van der Waals surface area contributed by atoms with Crippen LogP contribution in [0.1, 0.15) is 5.56 Å². The third-order valence-corrected chi connectivity index (χ3v) is 2.95. The van der Waals surface area contributed by atoms with Crippen LogP contribution in [-0.2, 0) is 6.54 Å². The van der Waals surface area contributed by atoms with Gasteiger partial charge in [-0.2, -0.15) is 0 Å². The number of hydrogen-bond donors (Lipinski definition) is 1. The van der Waals surface area contributed by atoms with Crippen LogP contribution in [0.4, 0.5) is 5.69 Å². The van der Waals surface area contributed by atoms with Crippen LogP contribution in [0.2, 0.25) is 0 Å². The fourth-order valence-electron chi connectivity index (χ4n) is 1.40. The van der Waals surface area contributed by atoms with Crippen molar-refractivity contribution in [1.29, 1.82) is 0 Å². The zero-order valence-corrected chi connectivity index (χ0v) is 11.3. The minimum absolute atomic E-state index is 0.0993. The van der Waals surface area contributed by atoms with E-state index in [0.717, 1.165) is 11.8 Å². The smallest absolute Gasteiger partial charge is 0.288 e. The predicted octanol–water partition coefficient (Wildman–Crippen LogP) is 3.00. The van der Waals surface area contributed by atoms with Crippen LogP contribution in [0, 0.1) is 10.1 Å². The maximum Gasteiger partial charge on any atom is 0.288 e. The van der Waals surface area contributed by atoms with Gasteiger partial charge >= 0.3 is 0 Å². The lowest BCUT2D eigenvalue weighted by Gasteiger charge is -2.06. The van der Waals surface area contributed by atoms with Crippen LogP contribution >= 0.6 is 15.9 Å². The summed E-state index contributed by atoms with van der Waals surface area (Å²) in [6.07, 6.45) is 1.15. The van der Waals surface area contributed by atoms with E-state index in [0.29, 0.717) is 16.8 Å². The SMILES string of the molecule is NCc1ccc(Oc2ncc([N+](=O)[O-])cc2Br)cc1. The van der Waals surface area contributed by atoms with E-state index in [2.05, 4.69) is 20.9 Å². The van der Waals surface area contributed by atoms with Crippen molar-refractivity contribution in [2.75, 3.05) is 0 Å². The number of halogens is 1. The monoisotopic (exact) mass is 323 g/mol. The minimum Gasteiger partial charge on any atom is -0.438 e. The van der Waals surface area contributed by atoms with E-state index < -0.39 is 4.92 Å². The highest BCUT2D eigenvalue weighted by atomic mass is 79.9. The lowest BCUT2D eigenvalue weighted by molar-refractivity contribution is -0.385. The zero-order valence-electron chi connectivity index (χ0n) is 9.75. The van der Waals surface area contributed by atoms with Crippen molar-refractivity contribution >= 4 is 21.6 Å². The van der Waals surface area contributed by atoms with Crippen molar-refractivity contribution in [2.24, 2.45) is 5.73 Å². The Labute approximate surface area is 117 Å². The number of aromatic nitrogens is 1. The number of benzene rings is 1. The van der Waals surface area contributed by atoms with Gasteiger partial charge in [-0.05, 0) is 33.6 Å². The van der Waals surface area contributed by atoms with Gasteiger partial charge in [-0.15, -0.1) is 0 Å². The summed E-state index contributed by atoms with van der Waals surface area (Å²) in [4.78, 5) is 14.0. The molecule has 0 aliphatic heterocycles. The second-order valence-corrected chi connectivity index (χ2v) is 4.54. The van der Waals surface area contributed by atoms with Gasteiger partial charge in [-0.1, -0.05) is 12.1 Å². The molecule has 1 aromatic carbocycles. The van der Waals surface area contributed by atoms with E-state index in [4.69, 9.17) is 10.5 Å². The van der Waals surface area contributed by atoms with Crippen LogP contribution in [-0.4, -0.2) is 9.91 Å². The maximum absolute atomic E-state index is 10.6. The lowest BCUT2D eigenvalue weighted by Crippen LogP contribution is -1.96. The van der Waals surface area contributed by atoms with Gasteiger partial charge in [0.15, 0.2) is 0 Å². The third kappa shape index (κ3) is 3.27. The summed E-state index contributed by atoms with van der Waals surface area (Å²) in [5, 5.41) is 10.6. The highest BCUT2D eigenvalue weighted by Crippen LogP contribution is 2.30. The molecule has 19 heavy (non-hydrogen) atoms. The molecular weight excluding hydrogens is 314 g/mol. The molecule has 0 atom stereocenters. The summed E-state index contributed by atoms with van der Waals surface area (Å²) < 4.78 is 5.94. The highest BCUT2D eigenvalue weighted by molar-refractivity contribution is 9.10. The van der Waals surface area contributed by atoms with Crippen molar-refractivity contribution in [3.63, 3.8) is 0 Å². The average molecular weight is 324 g/mol. The maximum atomic E-state index is 10.6. The van der Waals surface area contributed by atoms with Crippen LogP contribution in [0.5, 0.6) is 11.6 Å². The van der Waals surface area contributed by atoms with Gasteiger partial charge in [0, 0.05) is 12.6 Å². The number of rotatable bonds is 4. The molecule has 1 heterocycles. The summed E-state index contributed by atoms with van der Waals surface area (Å²) in [5.74, 6) is 0.852. The third-order valence-electron chi connectivity index (χ3n) is 2.38. The summed E-state index contributed by atoms with van der Waals surface area (Å²) in [5.41, 5.74) is 6.39. The molecule has 2 rings (SSSR count). The van der Waals surface area contributed by atoms with Crippen LogP contribution < -0.4 is 10.5 Å². The number of ether oxygens (including phenoxy) is 1. The highest BCUT2D eigenvalue weighted by Gasteiger charge is 2.12. The number of nitrogens with zero attached hydrogens (tertiary/aromatic N) is 2. The van der Waals surface area contributed by atoms with Gasteiger partial charge in [-0.25, -0.2) is 4.98 Å². The van der Waals surface area contributed by atoms with Crippen molar-refractivity contribution in [2.45, 2.75) is 6.54 Å². The van der Waals surface area contributed by atoms with E-state index >= 15 is 0 Å². The molecule has 7 heteroatoms. The normalized spacial score (nSPS) is 10.2. The average Bonchev–Trinajstić information content (AvgIpc) is 2.41. The van der Waals surface area contributed by atoms with Crippen LogP contribution in [0.15, 0.2) is 41.0 Å². The predicted molar refractivity (Wildman–Crippen MR) is 73.0 cm³/mol. The standard InChI is InChI=1S/C12H10BrN3O3/c13-11-5-9(16(17)18)7-15-12(11)19-10-3-1-8(6-14)2-4-10/h1-5,7H,6,14H2. The number of nitrogens with two attached hydrogens (primary N) is 1. The second-order valence-electron chi connectivity index (χ2n) is 3.69. The topological polar surface area (TPSA) is 91.3 Å². The number of nitro groups is 1. The molecular formula is C12H10BrN3O3. The van der Waals surface area contributed by atoms with Gasteiger partial charge in [0.2, 0.25) is 5.88 Å². The van der Waals surface area contributed by atoms with E-state index in [1.54, 1.807) is 12.1 Å². The lowest BCUT2D eigenvalue weighted by atomic mass is 10.2. The largest absolute Gasteiger partial charge is 0.438 e. The summed E-state index contributed by atoms with van der Waals surface area (Å²) >= 11 is 3.19. The van der Waals surface area contributed by atoms with Gasteiger partial charge in [0.1, 0.15) is 11.9 Å². The molecule has 98 valence electrons. The number of hydrogen-bond acceptors (Lipinski definition) is 5. The fraction of sp³-hybridized carbons (Fsp3) is 0.0833. The first-order chi connectivity index (χ1) is 9.10. The van der Waals surface area contributed by atoms with Gasteiger partial charge in [0.05, 0.1) is 9.40 Å². The van der Waals surface area contributed by atoms with Crippen molar-refractivity contribution < 1.29 is 9.66 Å². The minimum atomic E-state index is -0.516. The Hall–Kier alpha value is -1.99. The second kappa shape index (κ2) is 5.77. The molecule has 0 radical (unpaired) electrons. The van der Waals surface area contributed by atoms with Crippen LogP contribution in [0.3, 0.4) is 0 Å². The number of pyridine rings is 1. The van der Waals surface area contributed by atoms with E-state index in [9.17, 15) is 10.1 Å². The molecule has 0 spiro atoms. The molecule has 1 aromatic heterocycles. The zero-order chi connectivity index (χ0) is 13.8. The molecule has 0 aliphatic carbocycles. The molecule has 6 nitrogen and oxygen atoms in total. The van der Waals surface area contributed by atoms with E-state index in [-0.39, 0.29) is 11.6 Å². The Morgan fingerprint density at radius 3 is 2.58 bits per heavy atom. The fourth-order valence-corrected chi connectivity index (χ4v) is 1.81. The molecule has 0 aliphatic rings. The Morgan fingerprint density at radius 2 is 2.05 bits per heavy atom. The Kier molecular flexibility index (Phi) is 4.08. The van der Waals surface area contributed by atoms with Crippen molar-refractivity contribution in [1.82, 2.24) is 4.98 Å². The van der Waals surface area contributed by atoms with Gasteiger partial charge in [-0.3, -0.25) is 10.1 Å². The molecule has 0 saturated heterocycles. The molecule has 0 amide bonds. The summed E-state index contributed by atoms with van der Waals surface area (Å²) in [7, 11) is 0. The first-order valence-corrected chi connectivity index (χ1v) is 6.16. The molecule has 0 fully saturated rings. The molecule has 2 N–H and O–H groups in total. The summed E-state index contributed by atoms with van der Waals surface area (Å²) in [6.45, 7) is 0.458. The van der Waals surface area contributed by atoms with E-state index in [1.165, 1.54) is 6.07 Å². The van der Waals surface area contributed by atoms with Crippen molar-refractivity contribution in [3.05, 3.63) is 56.7 Å². The van der Waals surface area contributed by atoms with Crippen LogP contribution in [0.25, 0.3) is 0 Å². The Morgan fingerprint density at radius 1 is 1.37 bits per heavy atom. The van der Waals surface area contributed by atoms with Gasteiger partial charge < -0.3 is 10.5 Å². The quantitative estimate of drug-likeness (QED) is 0.689. The first-order valence-electron chi connectivity index (χ1n) is 5.37.